The minimum atomic E-state index is -3.58. The topological polar surface area (TPSA) is 75.7 Å². The first-order valence-electron chi connectivity index (χ1n) is 10.9. The average molecular weight is 443 g/mol. The molecule has 0 spiro atoms. The van der Waals surface area contributed by atoms with Crippen LogP contribution in [0.3, 0.4) is 0 Å². The van der Waals surface area contributed by atoms with Gasteiger partial charge in [0.25, 0.3) is 0 Å². The Morgan fingerprint density at radius 1 is 1.10 bits per heavy atom. The predicted molar refractivity (Wildman–Crippen MR) is 119 cm³/mol. The van der Waals surface area contributed by atoms with Gasteiger partial charge in [-0.3, -0.25) is 4.79 Å². The summed E-state index contributed by atoms with van der Waals surface area (Å²) in [5.74, 6) is 0.552. The molecular formula is C24H30N2O4S. The molecule has 2 aromatic carbocycles. The number of sulfonamides is 1. The maximum absolute atomic E-state index is 13.1. The fourth-order valence-corrected chi connectivity index (χ4v) is 6.27. The lowest BCUT2D eigenvalue weighted by Gasteiger charge is -2.32. The first-order valence-corrected chi connectivity index (χ1v) is 12.4. The highest BCUT2D eigenvalue weighted by atomic mass is 32.2. The Morgan fingerprint density at radius 3 is 2.55 bits per heavy atom. The molecule has 1 amide bonds. The van der Waals surface area contributed by atoms with Crippen molar-refractivity contribution in [3.8, 4) is 5.75 Å². The summed E-state index contributed by atoms with van der Waals surface area (Å²) in [6, 6.07) is 13.3. The Bertz CT molecular complexity index is 1060. The van der Waals surface area contributed by atoms with E-state index in [1.54, 1.807) is 25.3 Å². The minimum absolute atomic E-state index is 0.0408. The highest BCUT2D eigenvalue weighted by Gasteiger charge is 2.33. The number of hydrogen-bond donors (Lipinski definition) is 1. The molecule has 1 heterocycles. The number of nitrogens with zero attached hydrogens (tertiary/aromatic N) is 1. The summed E-state index contributed by atoms with van der Waals surface area (Å²) in [5, 5.41) is 3.23. The van der Waals surface area contributed by atoms with E-state index in [1.807, 2.05) is 19.1 Å². The van der Waals surface area contributed by atoms with Crippen molar-refractivity contribution < 1.29 is 17.9 Å². The summed E-state index contributed by atoms with van der Waals surface area (Å²) in [5.41, 5.74) is 3.32. The van der Waals surface area contributed by atoms with Gasteiger partial charge in [-0.15, -0.1) is 0 Å². The number of ether oxygens (including phenoxy) is 1. The van der Waals surface area contributed by atoms with Crippen molar-refractivity contribution in [1.82, 2.24) is 9.62 Å². The SMILES string of the molecule is COc1ccc(S(=O)(=O)N2CCC(C(=O)N[C@H]3CCCc4ccccc43)CC2)cc1C. The molecule has 6 nitrogen and oxygen atoms in total. The number of carbonyl (C=O) groups is 1. The van der Waals surface area contributed by atoms with Crippen molar-refractivity contribution in [2.75, 3.05) is 20.2 Å². The molecule has 0 bridgehead atoms. The van der Waals surface area contributed by atoms with Gasteiger partial charge < -0.3 is 10.1 Å². The van der Waals surface area contributed by atoms with Crippen LogP contribution in [0.4, 0.5) is 0 Å². The highest BCUT2D eigenvalue weighted by Crippen LogP contribution is 2.31. The van der Waals surface area contributed by atoms with E-state index in [9.17, 15) is 13.2 Å². The maximum Gasteiger partial charge on any atom is 0.243 e. The molecule has 0 saturated carbocycles. The molecule has 7 heteroatoms. The zero-order valence-electron chi connectivity index (χ0n) is 18.1. The molecule has 1 atom stereocenters. The van der Waals surface area contributed by atoms with Crippen molar-refractivity contribution in [3.05, 3.63) is 59.2 Å². The van der Waals surface area contributed by atoms with Gasteiger partial charge in [-0.1, -0.05) is 24.3 Å². The number of amides is 1. The van der Waals surface area contributed by atoms with E-state index in [2.05, 4.69) is 17.4 Å². The van der Waals surface area contributed by atoms with E-state index in [-0.39, 0.29) is 22.8 Å². The summed E-state index contributed by atoms with van der Waals surface area (Å²) in [6.45, 7) is 2.54. The van der Waals surface area contributed by atoms with Crippen LogP contribution in [0.25, 0.3) is 0 Å². The van der Waals surface area contributed by atoms with Crippen LogP contribution in [0.2, 0.25) is 0 Å². The molecule has 1 aliphatic carbocycles. The van der Waals surface area contributed by atoms with E-state index >= 15 is 0 Å². The molecule has 2 aliphatic rings. The average Bonchev–Trinajstić information content (AvgIpc) is 2.79. The lowest BCUT2D eigenvalue weighted by molar-refractivity contribution is -0.127. The molecule has 1 aliphatic heterocycles. The summed E-state index contributed by atoms with van der Waals surface area (Å²) in [7, 11) is -2.01. The van der Waals surface area contributed by atoms with Gasteiger partial charge in [-0.05, 0) is 73.9 Å². The number of piperidine rings is 1. The van der Waals surface area contributed by atoms with Gasteiger partial charge in [0.2, 0.25) is 15.9 Å². The molecular weight excluding hydrogens is 412 g/mol. The molecule has 0 unspecified atom stereocenters. The Kier molecular flexibility index (Phi) is 6.34. The van der Waals surface area contributed by atoms with E-state index < -0.39 is 10.0 Å². The number of aryl methyl sites for hydroxylation is 2. The monoisotopic (exact) mass is 442 g/mol. The van der Waals surface area contributed by atoms with E-state index in [4.69, 9.17) is 4.74 Å². The standard InChI is InChI=1S/C24H30N2O4S/c1-17-16-20(10-11-23(17)30-2)31(28,29)26-14-12-19(13-15-26)24(27)25-22-9-5-7-18-6-3-4-8-21(18)22/h3-4,6,8,10-11,16,19,22H,5,7,9,12-15H2,1-2H3,(H,25,27)/t22-/m0/s1. The zero-order chi connectivity index (χ0) is 22.0. The van der Waals surface area contributed by atoms with Gasteiger partial charge in [-0.2, -0.15) is 4.31 Å². The maximum atomic E-state index is 13.1. The van der Waals surface area contributed by atoms with Crippen LogP contribution in [-0.4, -0.2) is 38.8 Å². The number of hydrogen-bond acceptors (Lipinski definition) is 4. The van der Waals surface area contributed by atoms with Crippen molar-refractivity contribution in [2.24, 2.45) is 5.92 Å². The number of nitrogens with one attached hydrogen (secondary N) is 1. The Labute approximate surface area is 184 Å². The van der Waals surface area contributed by atoms with E-state index in [0.29, 0.717) is 31.7 Å². The van der Waals surface area contributed by atoms with Crippen molar-refractivity contribution in [3.63, 3.8) is 0 Å². The van der Waals surface area contributed by atoms with Gasteiger partial charge >= 0.3 is 0 Å². The zero-order valence-corrected chi connectivity index (χ0v) is 19.0. The lowest BCUT2D eigenvalue weighted by Crippen LogP contribution is -2.44. The van der Waals surface area contributed by atoms with Crippen LogP contribution in [-0.2, 0) is 21.2 Å². The normalized spacial score (nSPS) is 20.1. The third-order valence-electron chi connectivity index (χ3n) is 6.51. The minimum Gasteiger partial charge on any atom is -0.496 e. The first kappa shape index (κ1) is 21.8. The predicted octanol–water partition coefficient (Wildman–Crippen LogP) is 3.60. The quantitative estimate of drug-likeness (QED) is 0.768. The first-order chi connectivity index (χ1) is 14.9. The van der Waals surface area contributed by atoms with Crippen LogP contribution < -0.4 is 10.1 Å². The highest BCUT2D eigenvalue weighted by molar-refractivity contribution is 7.89. The number of carbonyl (C=O) groups excluding carboxylic acids is 1. The summed E-state index contributed by atoms with van der Waals surface area (Å²) < 4.78 is 32.8. The van der Waals surface area contributed by atoms with Crippen LogP contribution in [0.1, 0.15) is 48.4 Å². The van der Waals surface area contributed by atoms with Gasteiger partial charge in [0, 0.05) is 19.0 Å². The van der Waals surface area contributed by atoms with Gasteiger partial charge in [0.05, 0.1) is 18.0 Å². The van der Waals surface area contributed by atoms with Crippen LogP contribution >= 0.6 is 0 Å². The van der Waals surface area contributed by atoms with Gasteiger partial charge in [0.15, 0.2) is 0 Å². The molecule has 4 rings (SSSR count). The van der Waals surface area contributed by atoms with Crippen LogP contribution in [0.5, 0.6) is 5.75 Å². The molecule has 1 saturated heterocycles. The summed E-state index contributed by atoms with van der Waals surface area (Å²) >= 11 is 0. The van der Waals surface area contributed by atoms with Gasteiger partial charge in [-0.25, -0.2) is 8.42 Å². The summed E-state index contributed by atoms with van der Waals surface area (Å²) in [6.07, 6.45) is 4.15. The Balaban J connectivity index is 1.38. The fourth-order valence-electron chi connectivity index (χ4n) is 4.71. The Hall–Kier alpha value is -2.38. The molecule has 0 aromatic heterocycles. The third kappa shape index (κ3) is 4.48. The number of methoxy groups -OCH3 is 1. The van der Waals surface area contributed by atoms with Crippen molar-refractivity contribution >= 4 is 15.9 Å². The summed E-state index contributed by atoms with van der Waals surface area (Å²) in [4.78, 5) is 13.2. The molecule has 2 aromatic rings. The van der Waals surface area contributed by atoms with Crippen molar-refractivity contribution in [1.29, 1.82) is 0 Å². The smallest absolute Gasteiger partial charge is 0.243 e. The van der Waals surface area contributed by atoms with Crippen LogP contribution in [0, 0.1) is 12.8 Å². The second-order valence-electron chi connectivity index (χ2n) is 8.46. The number of rotatable bonds is 5. The van der Waals surface area contributed by atoms with E-state index in [0.717, 1.165) is 24.8 Å². The second kappa shape index (κ2) is 9.01. The lowest BCUT2D eigenvalue weighted by atomic mass is 9.87. The van der Waals surface area contributed by atoms with Crippen LogP contribution in [0.15, 0.2) is 47.4 Å². The molecule has 0 radical (unpaired) electrons. The fraction of sp³-hybridized carbons (Fsp3) is 0.458. The number of benzene rings is 2. The van der Waals surface area contributed by atoms with Crippen molar-refractivity contribution in [2.45, 2.75) is 50.0 Å². The van der Waals surface area contributed by atoms with E-state index in [1.165, 1.54) is 15.4 Å². The molecule has 166 valence electrons. The third-order valence-corrected chi connectivity index (χ3v) is 8.41. The molecule has 31 heavy (non-hydrogen) atoms. The number of fused-ring (bicyclic) bond motifs is 1. The molecule has 1 N–H and O–H groups in total. The van der Waals surface area contributed by atoms with Gasteiger partial charge in [0.1, 0.15) is 5.75 Å². The largest absolute Gasteiger partial charge is 0.496 e. The second-order valence-corrected chi connectivity index (χ2v) is 10.4. The molecule has 1 fully saturated rings. The Morgan fingerprint density at radius 2 is 1.84 bits per heavy atom.